The quantitative estimate of drug-likeness (QED) is 0.438. The number of thioether (sulfide) groups is 1. The van der Waals surface area contributed by atoms with E-state index in [1.54, 1.807) is 0 Å². The van der Waals surface area contributed by atoms with Gasteiger partial charge in [-0.2, -0.15) is 0 Å². The van der Waals surface area contributed by atoms with Gasteiger partial charge >= 0.3 is 0 Å². The van der Waals surface area contributed by atoms with Crippen LogP contribution in [0.1, 0.15) is 60.7 Å². The number of ether oxygens (including phenoxy) is 1. The first-order valence-corrected chi connectivity index (χ1v) is 11.1. The predicted octanol–water partition coefficient (Wildman–Crippen LogP) is 6.35. The average molecular weight is 473 g/mol. The SMILES string of the molecule is [2H]c1cc(C2Oc3cc(O)cc([2H])c3C(C([2H])([2H])[2H])=C2c2ccc(O)cc2)cc([2H])c1SC1CN(C([2H])([2H])C([2H])([2H])C([2H])([2H])[2H])C1. The molecule has 5 rings (SSSR count). The summed E-state index contributed by atoms with van der Waals surface area (Å²) in [5, 5.41) is 19.7. The molecule has 2 N–H and O–H groups in total. The largest absolute Gasteiger partial charge is 0.508 e. The Balaban J connectivity index is 1.52. The second kappa shape index (κ2) is 9.16. The molecule has 0 amide bonds. The molecular weight excluding hydrogens is 430 g/mol. The van der Waals surface area contributed by atoms with E-state index in [0.717, 1.165) is 22.7 Å². The van der Waals surface area contributed by atoms with Crippen molar-refractivity contribution in [3.63, 3.8) is 0 Å². The van der Waals surface area contributed by atoms with Gasteiger partial charge in [0, 0.05) is 54.1 Å². The van der Waals surface area contributed by atoms with Crippen molar-refractivity contribution in [2.75, 3.05) is 19.6 Å². The summed E-state index contributed by atoms with van der Waals surface area (Å²) in [6.07, 6.45) is -4.33. The molecule has 1 saturated heterocycles. The van der Waals surface area contributed by atoms with Crippen LogP contribution in [0, 0.1) is 0 Å². The van der Waals surface area contributed by atoms with Crippen LogP contribution in [0.5, 0.6) is 17.2 Å². The number of benzene rings is 3. The molecule has 0 bridgehead atoms. The molecule has 33 heavy (non-hydrogen) atoms. The number of fused-ring (bicyclic) bond motifs is 1. The lowest BCUT2D eigenvalue weighted by molar-refractivity contribution is 0.191. The molecule has 170 valence electrons. The first kappa shape index (κ1) is 11.5. The molecular formula is C28H29NO3S. The normalized spacial score (nSPS) is 25.9. The van der Waals surface area contributed by atoms with Gasteiger partial charge in [0.1, 0.15) is 23.4 Å². The Hall–Kier alpha value is -2.89. The highest BCUT2D eigenvalue weighted by atomic mass is 32.2. The molecule has 5 heteroatoms. The van der Waals surface area contributed by atoms with Gasteiger partial charge in [-0.3, -0.25) is 0 Å². The lowest BCUT2D eigenvalue weighted by Gasteiger charge is -2.38. The molecule has 1 atom stereocenters. The number of phenolic OH excluding ortho intramolecular Hbond substituents is 2. The van der Waals surface area contributed by atoms with Crippen LogP contribution >= 0.6 is 11.8 Å². The van der Waals surface area contributed by atoms with Crippen LogP contribution in [0.15, 0.2) is 71.6 Å². The summed E-state index contributed by atoms with van der Waals surface area (Å²) in [4.78, 5) is 1.30. The number of allylic oxidation sites excluding steroid dienone is 1. The first-order chi connectivity index (χ1) is 21.1. The van der Waals surface area contributed by atoms with Crippen LogP contribution in [0.25, 0.3) is 11.1 Å². The summed E-state index contributed by atoms with van der Waals surface area (Å²) >= 11 is 1.10. The number of phenols is 2. The summed E-state index contributed by atoms with van der Waals surface area (Å²) in [6, 6.07) is 10.3. The molecule has 0 aromatic heterocycles. The van der Waals surface area contributed by atoms with Crippen LogP contribution in [-0.4, -0.2) is 39.9 Å². The maximum Gasteiger partial charge on any atom is 0.150 e. The van der Waals surface area contributed by atoms with E-state index in [0.29, 0.717) is 5.56 Å². The molecule has 0 radical (unpaired) electrons. The predicted molar refractivity (Wildman–Crippen MR) is 135 cm³/mol. The van der Waals surface area contributed by atoms with Gasteiger partial charge in [-0.25, -0.2) is 0 Å². The Morgan fingerprint density at radius 3 is 2.61 bits per heavy atom. The fourth-order valence-electron chi connectivity index (χ4n) is 3.83. The maximum atomic E-state index is 10.2. The second-order valence-electron chi connectivity index (χ2n) is 7.72. The number of likely N-dealkylation sites (tertiary alicyclic amines) is 1. The van der Waals surface area contributed by atoms with E-state index in [1.807, 2.05) is 0 Å². The highest BCUT2D eigenvalue weighted by Crippen LogP contribution is 2.47. The first-order valence-electron chi connectivity index (χ1n) is 16.7. The van der Waals surface area contributed by atoms with E-state index in [2.05, 4.69) is 0 Å². The van der Waals surface area contributed by atoms with Crippen molar-refractivity contribution in [3.8, 4) is 17.2 Å². The van der Waals surface area contributed by atoms with Crippen molar-refractivity contribution < 1.29 is 32.8 Å². The lowest BCUT2D eigenvalue weighted by atomic mass is 9.86. The Bertz CT molecular complexity index is 1680. The zero-order valence-corrected chi connectivity index (χ0v) is 18.2. The number of aromatic hydroxyl groups is 2. The smallest absolute Gasteiger partial charge is 0.150 e. The monoisotopic (exact) mass is 472 g/mol. The van der Waals surface area contributed by atoms with Crippen LogP contribution in [0.3, 0.4) is 0 Å². The number of hydrogen-bond donors (Lipinski definition) is 2. The molecule has 1 fully saturated rings. The van der Waals surface area contributed by atoms with Gasteiger partial charge in [-0.1, -0.05) is 31.1 Å². The van der Waals surface area contributed by atoms with Crippen LogP contribution in [0.2, 0.25) is 0 Å². The fraction of sp³-hybridized carbons (Fsp3) is 0.286. The van der Waals surface area contributed by atoms with E-state index < -0.39 is 32.7 Å². The van der Waals surface area contributed by atoms with Crippen molar-refractivity contribution in [3.05, 3.63) is 83.3 Å². The summed E-state index contributed by atoms with van der Waals surface area (Å²) < 4.78 is 112. The van der Waals surface area contributed by atoms with Gasteiger partial charge in [-0.05, 0) is 72.7 Å². The summed E-state index contributed by atoms with van der Waals surface area (Å²) in [7, 11) is 0. The van der Waals surface area contributed by atoms with Crippen molar-refractivity contribution >= 4 is 22.9 Å². The highest BCUT2D eigenvalue weighted by Gasteiger charge is 2.30. The molecule has 2 heterocycles. The topological polar surface area (TPSA) is 52.9 Å². The summed E-state index contributed by atoms with van der Waals surface area (Å²) in [5.74, 6) is -0.457. The van der Waals surface area contributed by atoms with Crippen molar-refractivity contribution in [2.24, 2.45) is 0 Å². The molecule has 0 saturated carbocycles. The maximum absolute atomic E-state index is 10.2. The second-order valence-corrected chi connectivity index (χ2v) is 9.03. The standard InChI is InChI=1S/C28H29NO3S/c1-3-14-29-16-24(17-29)33-23-11-6-20(7-12-23)28-27(19-4-8-21(30)9-5-19)18(2)25-13-10-22(31)15-26(25)32-28/h4-13,15,24,28,30-31H,3,14,16-17H2,1-2H3/i1D3,2D3,3D2,11D,12D,13D,14D2. The Morgan fingerprint density at radius 1 is 1.09 bits per heavy atom. The van der Waals surface area contributed by atoms with Crippen LogP contribution in [-0.2, 0) is 0 Å². The van der Waals surface area contributed by atoms with Crippen LogP contribution < -0.4 is 4.74 Å². The van der Waals surface area contributed by atoms with Gasteiger partial charge in [0.25, 0.3) is 0 Å². The third-order valence-corrected chi connectivity index (χ3v) is 6.59. The summed E-state index contributed by atoms with van der Waals surface area (Å²) in [5.41, 5.74) is 0.461. The van der Waals surface area contributed by atoms with Crippen LogP contribution in [0.4, 0.5) is 0 Å². The molecule has 0 aliphatic carbocycles. The zero-order valence-electron chi connectivity index (χ0n) is 30.3. The third kappa shape index (κ3) is 4.48. The van der Waals surface area contributed by atoms with Crippen molar-refractivity contribution in [1.29, 1.82) is 0 Å². The minimum atomic E-state index is -3.19. The third-order valence-electron chi connectivity index (χ3n) is 5.48. The molecule has 2 aliphatic rings. The fourth-order valence-corrected chi connectivity index (χ4v) is 4.92. The van der Waals surface area contributed by atoms with E-state index in [4.69, 9.17) is 22.6 Å². The lowest BCUT2D eigenvalue weighted by Crippen LogP contribution is -2.48. The number of hydrogen-bond acceptors (Lipinski definition) is 5. The molecule has 4 nitrogen and oxygen atoms in total. The van der Waals surface area contributed by atoms with Gasteiger partial charge in [0.15, 0.2) is 0 Å². The Labute approximate surface area is 217 Å². The highest BCUT2D eigenvalue weighted by molar-refractivity contribution is 8.00. The zero-order chi connectivity index (χ0) is 34.1. The Kier molecular flexibility index (Phi) is 3.19. The number of nitrogens with zero attached hydrogens (tertiary/aromatic N) is 1. The summed E-state index contributed by atoms with van der Waals surface area (Å²) in [6.45, 7) is -8.79. The van der Waals surface area contributed by atoms with E-state index >= 15 is 0 Å². The minimum Gasteiger partial charge on any atom is -0.508 e. The Morgan fingerprint density at radius 2 is 1.88 bits per heavy atom. The van der Waals surface area contributed by atoms with Gasteiger partial charge < -0.3 is 19.8 Å². The molecule has 3 aromatic rings. The van der Waals surface area contributed by atoms with Gasteiger partial charge in [0.05, 0.1) is 4.11 Å². The van der Waals surface area contributed by atoms with E-state index in [-0.39, 0.29) is 80.9 Å². The minimum absolute atomic E-state index is 0.0228. The molecule has 0 spiro atoms. The van der Waals surface area contributed by atoms with Gasteiger partial charge in [-0.15, -0.1) is 11.8 Å². The van der Waals surface area contributed by atoms with Gasteiger partial charge in [0.2, 0.25) is 0 Å². The van der Waals surface area contributed by atoms with E-state index in [9.17, 15) is 10.2 Å². The van der Waals surface area contributed by atoms with Crippen molar-refractivity contribution in [1.82, 2.24) is 4.90 Å². The molecule has 3 aromatic carbocycles. The molecule has 2 aliphatic heterocycles. The van der Waals surface area contributed by atoms with E-state index in [1.165, 1.54) is 42.5 Å². The average Bonchev–Trinajstić information content (AvgIpc) is 2.89. The number of rotatable bonds is 6. The van der Waals surface area contributed by atoms with Crippen molar-refractivity contribution in [2.45, 2.75) is 36.3 Å². The molecule has 1 unspecified atom stereocenters.